The SMILES string of the molecule is Fc1ccc(-c2ccc(F)c(F)c2)cc1F. The maximum atomic E-state index is 12.9. The van der Waals surface area contributed by atoms with Crippen molar-refractivity contribution in [3.8, 4) is 11.1 Å². The Bertz CT molecular complexity index is 485. The van der Waals surface area contributed by atoms with Gasteiger partial charge in [-0.15, -0.1) is 0 Å². The second kappa shape index (κ2) is 3.96. The van der Waals surface area contributed by atoms with Crippen molar-refractivity contribution in [3.63, 3.8) is 0 Å². The van der Waals surface area contributed by atoms with E-state index in [0.717, 1.165) is 24.3 Å². The molecule has 0 aliphatic rings. The molecule has 16 heavy (non-hydrogen) atoms. The van der Waals surface area contributed by atoms with E-state index in [4.69, 9.17) is 0 Å². The molecule has 0 aliphatic carbocycles. The van der Waals surface area contributed by atoms with Gasteiger partial charge in [0.25, 0.3) is 0 Å². The van der Waals surface area contributed by atoms with E-state index in [-0.39, 0.29) is 11.1 Å². The van der Waals surface area contributed by atoms with Gasteiger partial charge in [-0.3, -0.25) is 0 Å². The normalized spacial score (nSPS) is 10.5. The van der Waals surface area contributed by atoms with Gasteiger partial charge in [0.1, 0.15) is 0 Å². The molecule has 2 aromatic carbocycles. The van der Waals surface area contributed by atoms with Crippen LogP contribution in [0.1, 0.15) is 0 Å². The van der Waals surface area contributed by atoms with Crippen LogP contribution in [0, 0.1) is 23.3 Å². The summed E-state index contributed by atoms with van der Waals surface area (Å²) < 4.78 is 51.1. The van der Waals surface area contributed by atoms with Gasteiger partial charge in [-0.2, -0.15) is 0 Å². The molecule has 0 atom stereocenters. The van der Waals surface area contributed by atoms with Crippen LogP contribution in [0.25, 0.3) is 11.1 Å². The van der Waals surface area contributed by atoms with Crippen molar-refractivity contribution < 1.29 is 17.6 Å². The molecule has 4 heteroatoms. The van der Waals surface area contributed by atoms with Crippen molar-refractivity contribution in [2.24, 2.45) is 0 Å². The second-order valence-electron chi connectivity index (χ2n) is 3.26. The summed E-state index contributed by atoms with van der Waals surface area (Å²) in [6, 6.07) is 6.33. The molecule has 0 radical (unpaired) electrons. The Morgan fingerprint density at radius 3 is 1.19 bits per heavy atom. The van der Waals surface area contributed by atoms with Crippen molar-refractivity contribution in [2.45, 2.75) is 0 Å². The molecule has 0 heterocycles. The average Bonchev–Trinajstić information content (AvgIpc) is 2.26. The molecule has 82 valence electrons. The standard InChI is InChI=1S/C12H6F4/c13-9-3-1-7(5-11(9)15)8-2-4-10(14)12(16)6-8/h1-6H. The third-order valence-electron chi connectivity index (χ3n) is 2.17. The molecule has 0 nitrogen and oxygen atoms in total. The number of benzene rings is 2. The van der Waals surface area contributed by atoms with Crippen LogP contribution in [0.2, 0.25) is 0 Å². The maximum Gasteiger partial charge on any atom is 0.159 e. The molecule has 0 aliphatic heterocycles. The van der Waals surface area contributed by atoms with Crippen molar-refractivity contribution >= 4 is 0 Å². The third-order valence-corrected chi connectivity index (χ3v) is 2.17. The third kappa shape index (κ3) is 1.91. The van der Waals surface area contributed by atoms with E-state index in [9.17, 15) is 17.6 Å². The smallest absolute Gasteiger partial charge is 0.159 e. The van der Waals surface area contributed by atoms with Gasteiger partial charge in [-0.1, -0.05) is 12.1 Å². The number of rotatable bonds is 1. The van der Waals surface area contributed by atoms with Crippen molar-refractivity contribution in [3.05, 3.63) is 59.7 Å². The number of halogens is 4. The van der Waals surface area contributed by atoms with E-state index >= 15 is 0 Å². The molecule has 0 bridgehead atoms. The fraction of sp³-hybridized carbons (Fsp3) is 0. The average molecular weight is 226 g/mol. The zero-order valence-corrected chi connectivity index (χ0v) is 7.98. The van der Waals surface area contributed by atoms with Crippen LogP contribution in [0.4, 0.5) is 17.6 Å². The topological polar surface area (TPSA) is 0 Å². The molecular weight excluding hydrogens is 220 g/mol. The summed E-state index contributed by atoms with van der Waals surface area (Å²) >= 11 is 0. The lowest BCUT2D eigenvalue weighted by Gasteiger charge is -2.03. The Hall–Kier alpha value is -1.84. The highest BCUT2D eigenvalue weighted by atomic mass is 19.2. The molecule has 0 spiro atoms. The van der Waals surface area contributed by atoms with Crippen molar-refractivity contribution in [1.29, 1.82) is 0 Å². The van der Waals surface area contributed by atoms with Gasteiger partial charge in [0, 0.05) is 0 Å². The summed E-state index contributed by atoms with van der Waals surface area (Å²) in [6.45, 7) is 0. The van der Waals surface area contributed by atoms with Crippen molar-refractivity contribution in [1.82, 2.24) is 0 Å². The number of hydrogen-bond acceptors (Lipinski definition) is 0. The fourth-order valence-corrected chi connectivity index (χ4v) is 1.35. The molecule has 0 unspecified atom stereocenters. The molecule has 0 saturated heterocycles. The Morgan fingerprint density at radius 1 is 0.500 bits per heavy atom. The van der Waals surface area contributed by atoms with E-state index in [2.05, 4.69) is 0 Å². The Morgan fingerprint density at radius 2 is 0.875 bits per heavy atom. The van der Waals surface area contributed by atoms with Crippen LogP contribution in [0.15, 0.2) is 36.4 Å². The van der Waals surface area contributed by atoms with Crippen LogP contribution >= 0.6 is 0 Å². The van der Waals surface area contributed by atoms with E-state index in [0.29, 0.717) is 0 Å². The zero-order valence-electron chi connectivity index (χ0n) is 7.98. The van der Waals surface area contributed by atoms with Crippen LogP contribution in [0.3, 0.4) is 0 Å². The summed E-state index contributed by atoms with van der Waals surface area (Å²) in [5.74, 6) is -4.01. The van der Waals surface area contributed by atoms with E-state index in [1.807, 2.05) is 0 Å². The van der Waals surface area contributed by atoms with Gasteiger partial charge in [0.05, 0.1) is 0 Å². The first-order valence-electron chi connectivity index (χ1n) is 4.48. The lowest BCUT2D eigenvalue weighted by atomic mass is 10.1. The Kier molecular flexibility index (Phi) is 2.64. The molecule has 2 rings (SSSR count). The monoisotopic (exact) mass is 226 g/mol. The molecule has 2 aromatic rings. The summed E-state index contributed by atoms with van der Waals surface area (Å²) in [4.78, 5) is 0. The van der Waals surface area contributed by atoms with Gasteiger partial charge in [0.15, 0.2) is 23.3 Å². The minimum atomic E-state index is -1.03. The first kappa shape index (κ1) is 10.7. The van der Waals surface area contributed by atoms with E-state index in [1.54, 1.807) is 0 Å². The van der Waals surface area contributed by atoms with Crippen LogP contribution in [-0.4, -0.2) is 0 Å². The second-order valence-corrected chi connectivity index (χ2v) is 3.26. The quantitative estimate of drug-likeness (QED) is 0.646. The first-order valence-corrected chi connectivity index (χ1v) is 4.48. The maximum absolute atomic E-state index is 12.9. The predicted octanol–water partition coefficient (Wildman–Crippen LogP) is 3.91. The largest absolute Gasteiger partial charge is 0.204 e. The predicted molar refractivity (Wildman–Crippen MR) is 51.7 cm³/mol. The lowest BCUT2D eigenvalue weighted by Crippen LogP contribution is -1.88. The molecular formula is C12H6F4. The molecule has 0 amide bonds. The highest BCUT2D eigenvalue weighted by Gasteiger charge is 2.07. The van der Waals surface area contributed by atoms with Crippen LogP contribution < -0.4 is 0 Å². The highest BCUT2D eigenvalue weighted by Crippen LogP contribution is 2.23. The molecule has 0 saturated carbocycles. The van der Waals surface area contributed by atoms with Gasteiger partial charge >= 0.3 is 0 Å². The Balaban J connectivity index is 2.50. The lowest BCUT2D eigenvalue weighted by molar-refractivity contribution is 0.507. The van der Waals surface area contributed by atoms with Gasteiger partial charge in [-0.25, -0.2) is 17.6 Å². The van der Waals surface area contributed by atoms with Crippen LogP contribution in [0.5, 0.6) is 0 Å². The first-order chi connectivity index (χ1) is 7.58. The van der Waals surface area contributed by atoms with E-state index < -0.39 is 23.3 Å². The highest BCUT2D eigenvalue weighted by molar-refractivity contribution is 5.63. The summed E-state index contributed by atoms with van der Waals surface area (Å²) in [5.41, 5.74) is 0.579. The van der Waals surface area contributed by atoms with Gasteiger partial charge in [0.2, 0.25) is 0 Å². The fourth-order valence-electron chi connectivity index (χ4n) is 1.35. The minimum Gasteiger partial charge on any atom is -0.204 e. The number of hydrogen-bond donors (Lipinski definition) is 0. The van der Waals surface area contributed by atoms with Gasteiger partial charge < -0.3 is 0 Å². The molecule has 0 fully saturated rings. The van der Waals surface area contributed by atoms with Crippen LogP contribution in [-0.2, 0) is 0 Å². The summed E-state index contributed by atoms with van der Waals surface area (Å²) in [7, 11) is 0. The summed E-state index contributed by atoms with van der Waals surface area (Å²) in [5, 5.41) is 0. The van der Waals surface area contributed by atoms with Crippen molar-refractivity contribution in [2.75, 3.05) is 0 Å². The van der Waals surface area contributed by atoms with Gasteiger partial charge in [-0.05, 0) is 35.4 Å². The summed E-state index contributed by atoms with van der Waals surface area (Å²) in [6.07, 6.45) is 0. The minimum absolute atomic E-state index is 0.290. The van der Waals surface area contributed by atoms with E-state index in [1.165, 1.54) is 12.1 Å². The molecule has 0 N–H and O–H groups in total. The Labute approximate surface area is 89.2 Å². The molecule has 0 aromatic heterocycles. The zero-order chi connectivity index (χ0) is 11.7.